The second-order valence-electron chi connectivity index (χ2n) is 6.10. The number of carbonyl (C=O) groups excluding carboxylic acids is 2. The van der Waals surface area contributed by atoms with E-state index in [1.54, 1.807) is 4.90 Å². The van der Waals surface area contributed by atoms with Gasteiger partial charge in [0.25, 0.3) is 0 Å². The lowest BCUT2D eigenvalue weighted by Crippen LogP contribution is -2.62. The van der Waals surface area contributed by atoms with E-state index >= 15 is 0 Å². The number of amides is 2. The third-order valence-corrected chi connectivity index (χ3v) is 3.29. The van der Waals surface area contributed by atoms with Gasteiger partial charge in [-0.05, 0) is 11.3 Å². The van der Waals surface area contributed by atoms with Gasteiger partial charge in [0.05, 0.1) is 6.54 Å². The average molecular weight is 240 g/mol. The minimum atomic E-state index is -0.396. The first-order chi connectivity index (χ1) is 7.75. The number of carbonyl (C=O) groups is 2. The molecule has 0 bridgehead atoms. The molecule has 0 saturated carbocycles. The number of nitrogens with zero attached hydrogens (tertiary/aromatic N) is 1. The van der Waals surface area contributed by atoms with Gasteiger partial charge >= 0.3 is 0 Å². The Morgan fingerprint density at radius 2 is 2.00 bits per heavy atom. The third-order valence-electron chi connectivity index (χ3n) is 3.29. The van der Waals surface area contributed by atoms with Crippen LogP contribution in [0.15, 0.2) is 0 Å². The quantitative estimate of drug-likeness (QED) is 0.810. The predicted molar refractivity (Wildman–Crippen MR) is 67.4 cm³/mol. The number of nitrogens with one attached hydrogen (secondary N) is 1. The van der Waals surface area contributed by atoms with Crippen molar-refractivity contribution >= 4 is 11.8 Å². The zero-order valence-corrected chi connectivity index (χ0v) is 11.5. The van der Waals surface area contributed by atoms with Crippen molar-refractivity contribution in [3.63, 3.8) is 0 Å². The van der Waals surface area contributed by atoms with Crippen molar-refractivity contribution in [3.05, 3.63) is 0 Å². The number of hydrogen-bond donors (Lipinski definition) is 1. The second-order valence-corrected chi connectivity index (χ2v) is 6.10. The molecule has 1 aliphatic heterocycles. The van der Waals surface area contributed by atoms with Crippen molar-refractivity contribution in [1.29, 1.82) is 0 Å². The van der Waals surface area contributed by atoms with E-state index in [1.807, 2.05) is 20.8 Å². The number of rotatable bonds is 3. The summed E-state index contributed by atoms with van der Waals surface area (Å²) in [7, 11) is 0. The van der Waals surface area contributed by atoms with Crippen LogP contribution in [0.2, 0.25) is 0 Å². The molecule has 1 N–H and O–H groups in total. The Morgan fingerprint density at radius 3 is 2.47 bits per heavy atom. The molecule has 4 nitrogen and oxygen atoms in total. The van der Waals surface area contributed by atoms with Gasteiger partial charge in [-0.3, -0.25) is 9.59 Å². The molecule has 4 heteroatoms. The summed E-state index contributed by atoms with van der Waals surface area (Å²) in [6, 6.07) is -0.396. The first-order valence-corrected chi connectivity index (χ1v) is 6.33. The molecule has 0 spiro atoms. The van der Waals surface area contributed by atoms with Crippen LogP contribution in [0.1, 0.15) is 41.0 Å². The van der Waals surface area contributed by atoms with Gasteiger partial charge in [-0.1, -0.05) is 41.0 Å². The van der Waals surface area contributed by atoms with Crippen molar-refractivity contribution in [2.24, 2.45) is 11.3 Å². The molecule has 1 saturated heterocycles. The summed E-state index contributed by atoms with van der Waals surface area (Å²) in [6.07, 6.45) is 1.02. The summed E-state index contributed by atoms with van der Waals surface area (Å²) in [5, 5.41) is 2.80. The maximum atomic E-state index is 12.3. The Hall–Kier alpha value is -1.06. The van der Waals surface area contributed by atoms with E-state index in [0.29, 0.717) is 12.5 Å². The van der Waals surface area contributed by atoms with Crippen LogP contribution >= 0.6 is 0 Å². The Morgan fingerprint density at radius 1 is 1.41 bits per heavy atom. The molecular weight excluding hydrogens is 216 g/mol. The van der Waals surface area contributed by atoms with Crippen LogP contribution in [0.3, 0.4) is 0 Å². The lowest BCUT2D eigenvalue weighted by Gasteiger charge is -2.39. The molecule has 0 aromatic carbocycles. The van der Waals surface area contributed by atoms with Gasteiger partial charge in [-0.15, -0.1) is 0 Å². The summed E-state index contributed by atoms with van der Waals surface area (Å²) in [6.45, 7) is 11.0. The Kier molecular flexibility index (Phi) is 4.17. The van der Waals surface area contributed by atoms with Gasteiger partial charge in [0.2, 0.25) is 11.8 Å². The fraction of sp³-hybridized carbons (Fsp3) is 0.846. The van der Waals surface area contributed by atoms with Gasteiger partial charge in [-0.25, -0.2) is 0 Å². The predicted octanol–water partition coefficient (Wildman–Crippen LogP) is 1.41. The van der Waals surface area contributed by atoms with Crippen LogP contribution < -0.4 is 5.32 Å². The van der Waals surface area contributed by atoms with E-state index < -0.39 is 6.04 Å². The molecule has 1 rings (SSSR count). The average Bonchev–Trinajstić information content (AvgIpc) is 2.21. The lowest BCUT2D eigenvalue weighted by atomic mass is 9.84. The Labute approximate surface area is 104 Å². The van der Waals surface area contributed by atoms with E-state index in [0.717, 1.165) is 6.42 Å². The van der Waals surface area contributed by atoms with Crippen LogP contribution in [-0.2, 0) is 9.59 Å². The molecule has 1 aliphatic rings. The highest BCUT2D eigenvalue weighted by Crippen LogP contribution is 2.23. The van der Waals surface area contributed by atoms with E-state index in [9.17, 15) is 9.59 Å². The van der Waals surface area contributed by atoms with Crippen LogP contribution in [0.25, 0.3) is 0 Å². The normalized spacial score (nSPS) is 23.6. The molecule has 0 radical (unpaired) electrons. The van der Waals surface area contributed by atoms with E-state index in [2.05, 4.69) is 19.2 Å². The van der Waals surface area contributed by atoms with Crippen molar-refractivity contribution < 1.29 is 9.59 Å². The van der Waals surface area contributed by atoms with Crippen molar-refractivity contribution in [3.8, 4) is 0 Å². The smallest absolute Gasteiger partial charge is 0.246 e. The molecule has 0 aromatic heterocycles. The second kappa shape index (κ2) is 5.07. The van der Waals surface area contributed by atoms with Crippen molar-refractivity contribution in [2.75, 3.05) is 13.1 Å². The molecule has 0 aromatic rings. The molecule has 98 valence electrons. The van der Waals surface area contributed by atoms with E-state index in [4.69, 9.17) is 0 Å². The summed E-state index contributed by atoms with van der Waals surface area (Å²) in [5.41, 5.74) is -0.235. The summed E-state index contributed by atoms with van der Waals surface area (Å²) in [5.74, 6) is 0.440. The summed E-state index contributed by atoms with van der Waals surface area (Å²) < 4.78 is 0. The highest BCUT2D eigenvalue weighted by molar-refractivity contribution is 5.95. The van der Waals surface area contributed by atoms with E-state index in [-0.39, 0.29) is 23.8 Å². The Bertz CT molecular complexity index is 307. The zero-order valence-electron chi connectivity index (χ0n) is 11.5. The zero-order chi connectivity index (χ0) is 13.2. The summed E-state index contributed by atoms with van der Waals surface area (Å²) >= 11 is 0. The molecule has 2 atom stereocenters. The van der Waals surface area contributed by atoms with Gasteiger partial charge in [0, 0.05) is 6.54 Å². The monoisotopic (exact) mass is 240 g/mol. The van der Waals surface area contributed by atoms with Gasteiger partial charge in [-0.2, -0.15) is 0 Å². The van der Waals surface area contributed by atoms with Crippen LogP contribution in [-0.4, -0.2) is 35.8 Å². The summed E-state index contributed by atoms with van der Waals surface area (Å²) in [4.78, 5) is 25.6. The van der Waals surface area contributed by atoms with Crippen LogP contribution in [0.5, 0.6) is 0 Å². The van der Waals surface area contributed by atoms with Crippen LogP contribution in [0, 0.1) is 11.3 Å². The Balaban J connectivity index is 2.79. The third kappa shape index (κ3) is 3.45. The fourth-order valence-corrected chi connectivity index (χ4v) is 1.95. The highest BCUT2D eigenvalue weighted by Gasteiger charge is 2.39. The molecule has 17 heavy (non-hydrogen) atoms. The lowest BCUT2D eigenvalue weighted by molar-refractivity contribution is -0.147. The molecular formula is C13H24N2O2. The van der Waals surface area contributed by atoms with E-state index in [1.165, 1.54) is 0 Å². The highest BCUT2D eigenvalue weighted by atomic mass is 16.2. The number of piperazine rings is 1. The minimum absolute atomic E-state index is 0.0483. The topological polar surface area (TPSA) is 49.4 Å². The number of hydrogen-bond acceptors (Lipinski definition) is 2. The maximum absolute atomic E-state index is 12.3. The first kappa shape index (κ1) is 14.0. The molecule has 1 fully saturated rings. The van der Waals surface area contributed by atoms with Crippen molar-refractivity contribution in [1.82, 2.24) is 10.2 Å². The molecule has 0 aliphatic carbocycles. The largest absolute Gasteiger partial charge is 0.342 e. The SMILES string of the molecule is CCC(C)CN1CC(=O)NC(C(C)(C)C)C1=O. The fourth-order valence-electron chi connectivity index (χ4n) is 1.95. The van der Waals surface area contributed by atoms with Crippen molar-refractivity contribution in [2.45, 2.75) is 47.1 Å². The van der Waals surface area contributed by atoms with Crippen LogP contribution in [0.4, 0.5) is 0 Å². The molecule has 2 unspecified atom stereocenters. The molecule has 1 heterocycles. The van der Waals surface area contributed by atoms with Gasteiger partial charge in [0.1, 0.15) is 6.04 Å². The van der Waals surface area contributed by atoms with Gasteiger partial charge < -0.3 is 10.2 Å². The van der Waals surface area contributed by atoms with Gasteiger partial charge in [0.15, 0.2) is 0 Å². The molecule has 2 amide bonds. The standard InChI is InChI=1S/C13H24N2O2/c1-6-9(2)7-15-8-10(16)14-11(12(15)17)13(3,4)5/h9,11H,6-8H2,1-5H3,(H,14,16). The minimum Gasteiger partial charge on any atom is -0.342 e. The maximum Gasteiger partial charge on any atom is 0.246 e. The first-order valence-electron chi connectivity index (χ1n) is 6.33.